The molecule has 2 amide bonds. The number of benzene rings is 1. The van der Waals surface area contributed by atoms with Crippen LogP contribution in [0.2, 0.25) is 0 Å². The average Bonchev–Trinajstić information content (AvgIpc) is 2.85. The lowest BCUT2D eigenvalue weighted by Crippen LogP contribution is -2.36. The van der Waals surface area contributed by atoms with Gasteiger partial charge in [-0.25, -0.2) is 4.79 Å². The van der Waals surface area contributed by atoms with Crippen molar-refractivity contribution in [2.45, 2.75) is 18.6 Å². The van der Waals surface area contributed by atoms with E-state index in [0.717, 1.165) is 12.1 Å². The Morgan fingerprint density at radius 3 is 2.43 bits per heavy atom. The lowest BCUT2D eigenvalue weighted by molar-refractivity contribution is -0.137. The van der Waals surface area contributed by atoms with Gasteiger partial charge in [0.15, 0.2) is 0 Å². The molecule has 1 aliphatic carbocycles. The van der Waals surface area contributed by atoms with E-state index in [9.17, 15) is 18.0 Å². The molecule has 0 spiro atoms. The minimum Gasteiger partial charge on any atom is -0.396 e. The van der Waals surface area contributed by atoms with Crippen molar-refractivity contribution in [1.82, 2.24) is 5.32 Å². The van der Waals surface area contributed by atoms with Crippen LogP contribution in [-0.4, -0.2) is 23.8 Å². The van der Waals surface area contributed by atoms with E-state index in [2.05, 4.69) is 10.6 Å². The summed E-state index contributed by atoms with van der Waals surface area (Å²) in [5.41, 5.74) is -0.487. The number of halogens is 3. The summed E-state index contributed by atoms with van der Waals surface area (Å²) in [4.78, 5) is 11.7. The van der Waals surface area contributed by atoms with E-state index in [4.69, 9.17) is 5.11 Å². The summed E-state index contributed by atoms with van der Waals surface area (Å²) in [5.74, 6) is 0.0290. The number of alkyl halides is 3. The molecule has 114 valence electrons. The fourth-order valence-corrected chi connectivity index (χ4v) is 2.10. The predicted molar refractivity (Wildman–Crippen MR) is 71.7 cm³/mol. The maximum atomic E-state index is 12.4. The molecule has 0 fully saturated rings. The number of carbonyl (C=O) groups excluding carboxylic acids is 1. The zero-order chi connectivity index (χ0) is 15.5. The van der Waals surface area contributed by atoms with Crippen LogP contribution in [0.25, 0.3) is 0 Å². The third-order valence-corrected chi connectivity index (χ3v) is 3.19. The Kier molecular flexibility index (Phi) is 4.52. The molecule has 2 atom stereocenters. The largest absolute Gasteiger partial charge is 0.416 e. The molecule has 4 nitrogen and oxygen atoms in total. The first-order chi connectivity index (χ1) is 9.88. The topological polar surface area (TPSA) is 61.4 Å². The highest BCUT2D eigenvalue weighted by atomic mass is 19.4. The van der Waals surface area contributed by atoms with Crippen LogP contribution in [0.4, 0.5) is 23.7 Å². The molecular weight excluding hydrogens is 285 g/mol. The molecule has 0 aromatic heterocycles. The van der Waals surface area contributed by atoms with Crippen LogP contribution in [-0.2, 0) is 6.18 Å². The normalized spacial score (nSPS) is 21.3. The number of anilines is 1. The van der Waals surface area contributed by atoms with Crippen LogP contribution in [0.15, 0.2) is 36.4 Å². The van der Waals surface area contributed by atoms with Crippen molar-refractivity contribution in [3.8, 4) is 0 Å². The van der Waals surface area contributed by atoms with E-state index in [1.54, 1.807) is 6.08 Å². The van der Waals surface area contributed by atoms with Gasteiger partial charge in [0, 0.05) is 24.3 Å². The predicted octanol–water partition coefficient (Wildman–Crippen LogP) is 2.76. The molecule has 7 heteroatoms. The van der Waals surface area contributed by atoms with Crippen LogP contribution in [0.5, 0.6) is 0 Å². The highest BCUT2D eigenvalue weighted by Crippen LogP contribution is 2.29. The Morgan fingerprint density at radius 1 is 1.24 bits per heavy atom. The zero-order valence-corrected chi connectivity index (χ0v) is 11.0. The molecule has 1 aromatic carbocycles. The molecule has 1 aliphatic rings. The van der Waals surface area contributed by atoms with E-state index in [1.165, 1.54) is 12.1 Å². The van der Waals surface area contributed by atoms with Crippen molar-refractivity contribution in [3.05, 3.63) is 42.0 Å². The number of hydrogen-bond acceptors (Lipinski definition) is 2. The smallest absolute Gasteiger partial charge is 0.396 e. The van der Waals surface area contributed by atoms with Crippen molar-refractivity contribution in [1.29, 1.82) is 0 Å². The van der Waals surface area contributed by atoms with Gasteiger partial charge in [0.05, 0.1) is 5.56 Å². The number of nitrogens with one attached hydrogen (secondary N) is 2. The Labute approximate surface area is 119 Å². The second-order valence-electron chi connectivity index (χ2n) is 4.84. The minimum absolute atomic E-state index is 0.0230. The SMILES string of the molecule is O=C(Nc1ccc(C(F)(F)F)cc1)N[C@@H]1C=C[C@H](CO)C1. The Hall–Kier alpha value is -2.02. The van der Waals surface area contributed by atoms with Gasteiger partial charge in [0.2, 0.25) is 0 Å². The van der Waals surface area contributed by atoms with E-state index < -0.39 is 17.8 Å². The molecular formula is C14H15F3N2O2. The zero-order valence-electron chi connectivity index (χ0n) is 11.0. The number of hydrogen-bond donors (Lipinski definition) is 3. The molecule has 0 bridgehead atoms. The third kappa shape index (κ3) is 4.22. The number of carbonyl (C=O) groups is 1. The standard InChI is InChI=1S/C14H15F3N2O2/c15-14(16,17)10-2-5-11(6-3-10)18-13(21)19-12-4-1-9(7-12)8-20/h1-6,9,12,20H,7-8H2,(H2,18,19,21)/t9-,12+/m0/s1. The maximum absolute atomic E-state index is 12.4. The fourth-order valence-electron chi connectivity index (χ4n) is 2.10. The van der Waals surface area contributed by atoms with Gasteiger partial charge in [-0.2, -0.15) is 13.2 Å². The number of aliphatic hydroxyl groups is 1. The van der Waals surface area contributed by atoms with Crippen molar-refractivity contribution < 1.29 is 23.1 Å². The summed E-state index contributed by atoms with van der Waals surface area (Å²) in [6, 6.07) is 3.53. The van der Waals surface area contributed by atoms with E-state index in [0.29, 0.717) is 6.42 Å². The Morgan fingerprint density at radius 2 is 1.90 bits per heavy atom. The van der Waals surface area contributed by atoms with Crippen LogP contribution in [0, 0.1) is 5.92 Å². The highest BCUT2D eigenvalue weighted by Gasteiger charge is 2.30. The van der Waals surface area contributed by atoms with Crippen molar-refractivity contribution in [3.63, 3.8) is 0 Å². The number of amides is 2. The lowest BCUT2D eigenvalue weighted by atomic mass is 10.1. The first-order valence-corrected chi connectivity index (χ1v) is 6.42. The maximum Gasteiger partial charge on any atom is 0.416 e. The molecule has 0 unspecified atom stereocenters. The molecule has 21 heavy (non-hydrogen) atoms. The van der Waals surface area contributed by atoms with Crippen LogP contribution in [0.3, 0.4) is 0 Å². The van der Waals surface area contributed by atoms with Gasteiger partial charge in [-0.3, -0.25) is 0 Å². The quantitative estimate of drug-likeness (QED) is 0.752. The van der Waals surface area contributed by atoms with Crippen molar-refractivity contribution in [2.75, 3.05) is 11.9 Å². The highest BCUT2D eigenvalue weighted by molar-refractivity contribution is 5.89. The number of aliphatic hydroxyl groups excluding tert-OH is 1. The first kappa shape index (κ1) is 15.4. The van der Waals surface area contributed by atoms with Crippen molar-refractivity contribution >= 4 is 11.7 Å². The Balaban J connectivity index is 1.87. The summed E-state index contributed by atoms with van der Waals surface area (Å²) in [6.07, 6.45) is -0.179. The Bertz CT molecular complexity index is 526. The van der Waals surface area contributed by atoms with Gasteiger partial charge >= 0.3 is 12.2 Å². The van der Waals surface area contributed by atoms with Crippen LogP contribution >= 0.6 is 0 Å². The molecule has 3 N–H and O–H groups in total. The average molecular weight is 300 g/mol. The van der Waals surface area contributed by atoms with Gasteiger partial charge in [0.1, 0.15) is 0 Å². The van der Waals surface area contributed by atoms with Gasteiger partial charge in [-0.15, -0.1) is 0 Å². The summed E-state index contributed by atoms with van der Waals surface area (Å²) in [5, 5.41) is 14.1. The second kappa shape index (κ2) is 6.17. The molecule has 2 rings (SSSR count). The number of urea groups is 1. The lowest BCUT2D eigenvalue weighted by Gasteiger charge is -2.14. The third-order valence-electron chi connectivity index (χ3n) is 3.19. The first-order valence-electron chi connectivity index (χ1n) is 6.42. The van der Waals surface area contributed by atoms with Crippen LogP contribution < -0.4 is 10.6 Å². The monoisotopic (exact) mass is 300 g/mol. The minimum atomic E-state index is -4.39. The molecule has 1 aromatic rings. The molecule has 0 saturated carbocycles. The van der Waals surface area contributed by atoms with Gasteiger partial charge in [-0.1, -0.05) is 12.2 Å². The van der Waals surface area contributed by atoms with Gasteiger partial charge in [-0.05, 0) is 30.7 Å². The molecule has 0 saturated heterocycles. The van der Waals surface area contributed by atoms with Crippen LogP contribution in [0.1, 0.15) is 12.0 Å². The van der Waals surface area contributed by atoms with Gasteiger partial charge in [0.25, 0.3) is 0 Å². The summed E-state index contributed by atoms with van der Waals surface area (Å²) in [7, 11) is 0. The molecule has 0 heterocycles. The van der Waals surface area contributed by atoms with E-state index in [1.807, 2.05) is 6.08 Å². The van der Waals surface area contributed by atoms with Crippen molar-refractivity contribution in [2.24, 2.45) is 5.92 Å². The summed E-state index contributed by atoms with van der Waals surface area (Å²) in [6.45, 7) is 0.0230. The van der Waals surface area contributed by atoms with E-state index >= 15 is 0 Å². The van der Waals surface area contributed by atoms with E-state index in [-0.39, 0.29) is 24.3 Å². The summed E-state index contributed by atoms with van der Waals surface area (Å²) < 4.78 is 37.2. The van der Waals surface area contributed by atoms with Gasteiger partial charge < -0.3 is 15.7 Å². The summed E-state index contributed by atoms with van der Waals surface area (Å²) >= 11 is 0. The molecule has 0 aliphatic heterocycles. The molecule has 0 radical (unpaired) electrons. The second-order valence-corrected chi connectivity index (χ2v) is 4.84. The fraction of sp³-hybridized carbons (Fsp3) is 0.357. The number of rotatable bonds is 3.